The lowest BCUT2D eigenvalue weighted by Crippen LogP contribution is -2.32. The molecule has 1 saturated heterocycles. The summed E-state index contributed by atoms with van der Waals surface area (Å²) in [6.45, 7) is 6.47. The number of nitrogens with zero attached hydrogens (tertiary/aromatic N) is 3. The number of nitrogens with one attached hydrogen (secondary N) is 2. The second-order valence-electron chi connectivity index (χ2n) is 9.63. The van der Waals surface area contributed by atoms with Gasteiger partial charge in [0.1, 0.15) is 5.82 Å². The molecule has 1 aliphatic heterocycles. The summed E-state index contributed by atoms with van der Waals surface area (Å²) < 4.78 is 16.1. The van der Waals surface area contributed by atoms with Gasteiger partial charge in [0.2, 0.25) is 5.91 Å². The number of hydrogen-bond donors (Lipinski definition) is 2. The summed E-state index contributed by atoms with van der Waals surface area (Å²) in [7, 11) is 0. The van der Waals surface area contributed by atoms with Crippen LogP contribution in [0.1, 0.15) is 46.7 Å². The largest absolute Gasteiger partial charge is 0.352 e. The Morgan fingerprint density at radius 2 is 1.87 bits per heavy atom. The van der Waals surface area contributed by atoms with Gasteiger partial charge in [0, 0.05) is 41.9 Å². The number of aromatic nitrogens is 2. The van der Waals surface area contributed by atoms with Gasteiger partial charge >= 0.3 is 0 Å². The van der Waals surface area contributed by atoms with Gasteiger partial charge in [-0.2, -0.15) is 0 Å². The van der Waals surface area contributed by atoms with Crippen molar-refractivity contribution in [1.82, 2.24) is 19.8 Å². The maximum Gasteiger partial charge on any atom is 0.226 e. The van der Waals surface area contributed by atoms with Crippen molar-refractivity contribution in [1.29, 1.82) is 0 Å². The molecule has 0 spiro atoms. The Morgan fingerprint density at radius 1 is 1.05 bits per heavy atom. The second kappa shape index (κ2) is 10.8. The lowest BCUT2D eigenvalue weighted by Gasteiger charge is -2.28. The Kier molecular flexibility index (Phi) is 7.24. The monoisotopic (exact) mass is 527 g/mol. The highest BCUT2D eigenvalue weighted by molar-refractivity contribution is 7.80. The van der Waals surface area contributed by atoms with Crippen molar-refractivity contribution in [3.63, 3.8) is 0 Å². The number of amides is 1. The molecule has 0 saturated carbocycles. The van der Waals surface area contributed by atoms with E-state index in [1.807, 2.05) is 69.3 Å². The van der Waals surface area contributed by atoms with E-state index in [4.69, 9.17) is 12.2 Å². The van der Waals surface area contributed by atoms with E-state index in [0.717, 1.165) is 39.6 Å². The molecule has 6 nitrogen and oxygen atoms in total. The molecule has 2 atom stereocenters. The molecule has 0 unspecified atom stereocenters. The van der Waals surface area contributed by atoms with Crippen LogP contribution in [0, 0.1) is 26.6 Å². The SMILES string of the molecule is Cc1cccc(NC(=O)CCN2C(=S)N[C@H](c3ccccn3)[C@@H]2c2cc(C)n(-c3cccc(F)c3)c2C)c1. The van der Waals surface area contributed by atoms with E-state index in [0.29, 0.717) is 11.7 Å². The summed E-state index contributed by atoms with van der Waals surface area (Å²) in [6.07, 6.45) is 2.04. The van der Waals surface area contributed by atoms with E-state index in [2.05, 4.69) is 31.2 Å². The lowest BCUT2D eigenvalue weighted by molar-refractivity contribution is -0.116. The standard InChI is InChI=1S/C30H30FN5OS/c1-19-8-6-10-23(16-19)33-27(37)13-15-35-29(28(34-30(35)38)26-12-4-5-14-32-26)25-17-20(2)36(21(25)3)24-11-7-9-22(31)18-24/h4-12,14,16-18,28-29H,13,15H2,1-3H3,(H,33,37)(H,34,38)/t28-,29+/m1/s1. The topological polar surface area (TPSA) is 62.2 Å². The molecule has 5 rings (SSSR count). The maximum atomic E-state index is 14.1. The first-order valence-electron chi connectivity index (χ1n) is 12.6. The summed E-state index contributed by atoms with van der Waals surface area (Å²) in [5.41, 5.74) is 6.50. The highest BCUT2D eigenvalue weighted by Gasteiger charge is 2.41. The van der Waals surface area contributed by atoms with Crippen LogP contribution in [0.3, 0.4) is 0 Å². The number of hydrogen-bond acceptors (Lipinski definition) is 3. The quantitative estimate of drug-likeness (QED) is 0.292. The van der Waals surface area contributed by atoms with Crippen LogP contribution in [0.5, 0.6) is 0 Å². The zero-order valence-corrected chi connectivity index (χ0v) is 22.4. The average Bonchev–Trinajstić information content (AvgIpc) is 3.37. The van der Waals surface area contributed by atoms with Gasteiger partial charge in [-0.1, -0.05) is 24.3 Å². The molecule has 2 N–H and O–H groups in total. The molecule has 1 amide bonds. The van der Waals surface area contributed by atoms with Crippen LogP contribution in [-0.2, 0) is 4.79 Å². The van der Waals surface area contributed by atoms with Gasteiger partial charge in [-0.25, -0.2) is 4.39 Å². The molecule has 38 heavy (non-hydrogen) atoms. The molecular weight excluding hydrogens is 497 g/mol. The van der Waals surface area contributed by atoms with Gasteiger partial charge in [-0.3, -0.25) is 9.78 Å². The highest BCUT2D eigenvalue weighted by Crippen LogP contribution is 2.41. The number of carbonyl (C=O) groups excluding carboxylic acids is 1. The Morgan fingerprint density at radius 3 is 2.61 bits per heavy atom. The molecule has 194 valence electrons. The third-order valence-electron chi connectivity index (χ3n) is 6.93. The fourth-order valence-corrected chi connectivity index (χ4v) is 5.58. The molecule has 8 heteroatoms. The Hall–Kier alpha value is -4.04. The minimum Gasteiger partial charge on any atom is -0.352 e. The number of aryl methyl sites for hydroxylation is 2. The van der Waals surface area contributed by atoms with Crippen LogP contribution in [-0.4, -0.2) is 32.0 Å². The zero-order chi connectivity index (χ0) is 26.8. The molecule has 0 aliphatic carbocycles. The predicted octanol–water partition coefficient (Wildman–Crippen LogP) is 5.94. The first-order valence-corrected chi connectivity index (χ1v) is 13.0. The van der Waals surface area contributed by atoms with Crippen molar-refractivity contribution >= 4 is 28.9 Å². The first kappa shape index (κ1) is 25.6. The van der Waals surface area contributed by atoms with Crippen molar-refractivity contribution in [2.45, 2.75) is 39.3 Å². The number of halogens is 1. The van der Waals surface area contributed by atoms with E-state index in [1.54, 1.807) is 12.3 Å². The van der Waals surface area contributed by atoms with E-state index in [-0.39, 0.29) is 30.2 Å². The summed E-state index contributed by atoms with van der Waals surface area (Å²) in [6, 6.07) is 21.9. The number of carbonyl (C=O) groups is 1. The molecular formula is C30H30FN5OS. The molecule has 4 aromatic rings. The summed E-state index contributed by atoms with van der Waals surface area (Å²) >= 11 is 5.79. The number of pyridine rings is 1. The van der Waals surface area contributed by atoms with Crippen molar-refractivity contribution < 1.29 is 9.18 Å². The maximum absolute atomic E-state index is 14.1. The van der Waals surface area contributed by atoms with Gasteiger partial charge in [0.15, 0.2) is 5.11 Å². The van der Waals surface area contributed by atoms with Crippen LogP contribution in [0.25, 0.3) is 5.69 Å². The number of thiocarbonyl (C=S) groups is 1. The molecule has 3 heterocycles. The molecule has 2 aromatic carbocycles. The van der Waals surface area contributed by atoms with Gasteiger partial charge in [-0.05, 0) is 92.6 Å². The zero-order valence-electron chi connectivity index (χ0n) is 21.6. The molecule has 0 radical (unpaired) electrons. The molecule has 0 bridgehead atoms. The molecule has 1 fully saturated rings. The average molecular weight is 528 g/mol. The smallest absolute Gasteiger partial charge is 0.226 e. The fourth-order valence-electron chi connectivity index (χ4n) is 5.25. The van der Waals surface area contributed by atoms with Crippen LogP contribution < -0.4 is 10.6 Å². The second-order valence-corrected chi connectivity index (χ2v) is 10.0. The number of rotatable bonds is 7. The van der Waals surface area contributed by atoms with Crippen molar-refractivity contribution in [2.24, 2.45) is 0 Å². The summed E-state index contributed by atoms with van der Waals surface area (Å²) in [5, 5.41) is 7.01. The van der Waals surface area contributed by atoms with Gasteiger partial charge in [0.05, 0.1) is 17.8 Å². The Bertz CT molecular complexity index is 1490. The third kappa shape index (κ3) is 5.17. The van der Waals surface area contributed by atoms with Gasteiger partial charge in [0.25, 0.3) is 0 Å². The molecule has 1 aliphatic rings. The number of anilines is 1. The third-order valence-corrected chi connectivity index (χ3v) is 7.29. The minimum atomic E-state index is -0.284. The van der Waals surface area contributed by atoms with Gasteiger partial charge in [-0.15, -0.1) is 0 Å². The fraction of sp³-hybridized carbons (Fsp3) is 0.233. The Balaban J connectivity index is 1.47. The van der Waals surface area contributed by atoms with Crippen LogP contribution in [0.4, 0.5) is 10.1 Å². The minimum absolute atomic E-state index is 0.0799. The van der Waals surface area contributed by atoms with Crippen molar-refractivity contribution in [2.75, 3.05) is 11.9 Å². The Labute approximate surface area is 227 Å². The van der Waals surface area contributed by atoms with Crippen molar-refractivity contribution in [3.05, 3.63) is 113 Å². The van der Waals surface area contributed by atoms with Crippen molar-refractivity contribution in [3.8, 4) is 5.69 Å². The first-order chi connectivity index (χ1) is 18.3. The predicted molar refractivity (Wildman–Crippen MR) is 152 cm³/mol. The van der Waals surface area contributed by atoms with E-state index in [1.165, 1.54) is 12.1 Å². The normalized spacial score (nSPS) is 16.9. The summed E-state index contributed by atoms with van der Waals surface area (Å²) in [5.74, 6) is -0.364. The van der Waals surface area contributed by atoms with Crippen LogP contribution >= 0.6 is 12.2 Å². The van der Waals surface area contributed by atoms with E-state index >= 15 is 0 Å². The number of benzene rings is 2. The summed E-state index contributed by atoms with van der Waals surface area (Å²) in [4.78, 5) is 19.6. The van der Waals surface area contributed by atoms with Crippen LogP contribution in [0.2, 0.25) is 0 Å². The van der Waals surface area contributed by atoms with E-state index in [9.17, 15) is 9.18 Å². The van der Waals surface area contributed by atoms with E-state index < -0.39 is 0 Å². The lowest BCUT2D eigenvalue weighted by atomic mass is 9.96. The van der Waals surface area contributed by atoms with Gasteiger partial charge < -0.3 is 20.1 Å². The molecule has 2 aromatic heterocycles. The highest BCUT2D eigenvalue weighted by atomic mass is 32.1. The van der Waals surface area contributed by atoms with Crippen LogP contribution in [0.15, 0.2) is 79.0 Å².